The summed E-state index contributed by atoms with van der Waals surface area (Å²) in [5, 5.41) is 8.73. The molecule has 0 saturated heterocycles. The Balaban J connectivity index is 1.40. The SMILES string of the molecule is NC(=O)c1ccc(NC(=O)CSc2ccc(NC(=O)/C(=C/c3cccc(Cl)c3Cl)NC(=O)c3ccccc3)cc2)cc1. The number of carbonyl (C=O) groups is 4. The van der Waals surface area contributed by atoms with Crippen molar-refractivity contribution < 1.29 is 19.2 Å². The van der Waals surface area contributed by atoms with Gasteiger partial charge >= 0.3 is 0 Å². The summed E-state index contributed by atoms with van der Waals surface area (Å²) in [6, 6.07) is 26.6. The number of hydrogen-bond acceptors (Lipinski definition) is 5. The molecular weight excluding hydrogens is 595 g/mol. The van der Waals surface area contributed by atoms with Gasteiger partial charge in [-0.1, -0.05) is 53.5 Å². The predicted octanol–water partition coefficient (Wildman–Crippen LogP) is 6.23. The van der Waals surface area contributed by atoms with E-state index in [4.69, 9.17) is 28.9 Å². The van der Waals surface area contributed by atoms with Crippen molar-refractivity contribution >= 4 is 76.0 Å². The van der Waals surface area contributed by atoms with E-state index in [1.54, 1.807) is 84.9 Å². The highest BCUT2D eigenvalue weighted by Crippen LogP contribution is 2.27. The lowest BCUT2D eigenvalue weighted by Gasteiger charge is -2.12. The van der Waals surface area contributed by atoms with Crippen LogP contribution in [0.5, 0.6) is 0 Å². The highest BCUT2D eigenvalue weighted by Gasteiger charge is 2.16. The molecule has 0 saturated carbocycles. The first-order valence-electron chi connectivity index (χ1n) is 12.5. The van der Waals surface area contributed by atoms with Gasteiger partial charge in [-0.15, -0.1) is 11.8 Å². The summed E-state index contributed by atoms with van der Waals surface area (Å²) < 4.78 is 0. The van der Waals surface area contributed by atoms with Gasteiger partial charge in [0, 0.05) is 27.4 Å². The zero-order valence-corrected chi connectivity index (χ0v) is 24.2. The van der Waals surface area contributed by atoms with E-state index < -0.39 is 17.7 Å². The number of primary amides is 1. The number of rotatable bonds is 10. The second kappa shape index (κ2) is 14.4. The molecule has 4 amide bonds. The maximum atomic E-state index is 13.3. The fourth-order valence-electron chi connectivity index (χ4n) is 3.63. The number of carbonyl (C=O) groups excluding carboxylic acids is 4. The number of nitrogens with two attached hydrogens (primary N) is 1. The lowest BCUT2D eigenvalue weighted by Crippen LogP contribution is -2.30. The van der Waals surface area contributed by atoms with Crippen LogP contribution in [-0.4, -0.2) is 29.4 Å². The summed E-state index contributed by atoms with van der Waals surface area (Å²) in [5.74, 6) is -1.67. The van der Waals surface area contributed by atoms with Gasteiger partial charge < -0.3 is 21.7 Å². The molecule has 0 aliphatic heterocycles. The lowest BCUT2D eigenvalue weighted by molar-refractivity contribution is -0.114. The van der Waals surface area contributed by atoms with E-state index in [1.807, 2.05) is 0 Å². The summed E-state index contributed by atoms with van der Waals surface area (Å²) in [6.45, 7) is 0. The van der Waals surface area contributed by atoms with Crippen LogP contribution in [-0.2, 0) is 9.59 Å². The van der Waals surface area contributed by atoms with Gasteiger partial charge in [0.15, 0.2) is 0 Å². The third-order valence-corrected chi connectivity index (χ3v) is 7.59. The van der Waals surface area contributed by atoms with Crippen molar-refractivity contribution in [3.63, 3.8) is 0 Å². The molecule has 0 atom stereocenters. The van der Waals surface area contributed by atoms with Crippen LogP contribution in [0.1, 0.15) is 26.3 Å². The molecule has 11 heteroatoms. The van der Waals surface area contributed by atoms with E-state index in [-0.39, 0.29) is 22.4 Å². The molecule has 8 nitrogen and oxygen atoms in total. The predicted molar refractivity (Wildman–Crippen MR) is 168 cm³/mol. The van der Waals surface area contributed by atoms with E-state index >= 15 is 0 Å². The molecule has 4 rings (SSSR count). The lowest BCUT2D eigenvalue weighted by atomic mass is 10.1. The minimum absolute atomic E-state index is 0.0352. The molecule has 0 aromatic heterocycles. The van der Waals surface area contributed by atoms with Crippen LogP contribution in [0.3, 0.4) is 0 Å². The highest BCUT2D eigenvalue weighted by atomic mass is 35.5. The Morgan fingerprint density at radius 2 is 1.38 bits per heavy atom. The van der Waals surface area contributed by atoms with Crippen LogP contribution < -0.4 is 21.7 Å². The van der Waals surface area contributed by atoms with Gasteiger partial charge in [-0.25, -0.2) is 0 Å². The van der Waals surface area contributed by atoms with E-state index in [1.165, 1.54) is 30.0 Å². The number of thioether (sulfide) groups is 1. The Kier molecular flexibility index (Phi) is 10.4. The van der Waals surface area contributed by atoms with E-state index in [9.17, 15) is 19.2 Å². The molecule has 212 valence electrons. The van der Waals surface area contributed by atoms with Crippen LogP contribution in [0, 0.1) is 0 Å². The molecule has 0 bridgehead atoms. The van der Waals surface area contributed by atoms with Crippen molar-refractivity contribution in [1.82, 2.24) is 5.32 Å². The summed E-state index contributed by atoms with van der Waals surface area (Å²) in [6.07, 6.45) is 1.45. The van der Waals surface area contributed by atoms with Gasteiger partial charge in [-0.05, 0) is 78.4 Å². The number of halogens is 2. The fraction of sp³-hybridized carbons (Fsp3) is 0.0323. The van der Waals surface area contributed by atoms with Gasteiger partial charge in [0.1, 0.15) is 5.70 Å². The van der Waals surface area contributed by atoms with Crippen molar-refractivity contribution in [2.24, 2.45) is 5.73 Å². The average Bonchev–Trinajstić information content (AvgIpc) is 2.99. The van der Waals surface area contributed by atoms with Crippen molar-refractivity contribution in [2.75, 3.05) is 16.4 Å². The molecule has 4 aromatic carbocycles. The molecule has 0 spiro atoms. The first-order valence-corrected chi connectivity index (χ1v) is 14.2. The number of nitrogens with one attached hydrogen (secondary N) is 3. The van der Waals surface area contributed by atoms with E-state index in [0.717, 1.165) is 4.90 Å². The molecule has 0 heterocycles. The Labute approximate surface area is 256 Å². The molecule has 0 aliphatic rings. The highest BCUT2D eigenvalue weighted by molar-refractivity contribution is 8.00. The summed E-state index contributed by atoms with van der Waals surface area (Å²) in [5.41, 5.74) is 7.40. The standard InChI is InChI=1S/C31H24Cl2N4O4S/c32-25-8-4-7-21(28(25)33)17-26(37-30(40)20-5-2-1-3-6-20)31(41)36-23-13-15-24(16-14-23)42-18-27(38)35-22-11-9-19(10-12-22)29(34)39/h1-17H,18H2,(H2,34,39)(H,35,38)(H,36,41)(H,37,40)/b26-17-. The minimum atomic E-state index is -0.572. The molecule has 4 aromatic rings. The van der Waals surface area contributed by atoms with Gasteiger partial charge in [0.25, 0.3) is 11.8 Å². The number of anilines is 2. The first-order chi connectivity index (χ1) is 20.2. The van der Waals surface area contributed by atoms with Crippen LogP contribution >= 0.6 is 35.0 Å². The normalized spacial score (nSPS) is 11.0. The topological polar surface area (TPSA) is 130 Å². The summed E-state index contributed by atoms with van der Waals surface area (Å²) in [7, 11) is 0. The zero-order chi connectivity index (χ0) is 30.1. The molecule has 0 unspecified atom stereocenters. The monoisotopic (exact) mass is 618 g/mol. The minimum Gasteiger partial charge on any atom is -0.366 e. The maximum absolute atomic E-state index is 13.3. The van der Waals surface area contributed by atoms with Gasteiger partial charge in [-0.2, -0.15) is 0 Å². The molecule has 5 N–H and O–H groups in total. The number of amides is 4. The van der Waals surface area contributed by atoms with Crippen LogP contribution in [0.15, 0.2) is 108 Å². The zero-order valence-electron chi connectivity index (χ0n) is 21.9. The molecule has 0 fully saturated rings. The maximum Gasteiger partial charge on any atom is 0.272 e. The Morgan fingerprint density at radius 3 is 2.05 bits per heavy atom. The van der Waals surface area contributed by atoms with Crippen LogP contribution in [0.4, 0.5) is 11.4 Å². The molecule has 42 heavy (non-hydrogen) atoms. The average molecular weight is 620 g/mol. The van der Waals surface area contributed by atoms with Crippen molar-refractivity contribution in [1.29, 1.82) is 0 Å². The van der Waals surface area contributed by atoms with Crippen molar-refractivity contribution in [3.8, 4) is 0 Å². The molecule has 0 radical (unpaired) electrons. The van der Waals surface area contributed by atoms with Gasteiger partial charge in [0.05, 0.1) is 15.8 Å². The van der Waals surface area contributed by atoms with Gasteiger partial charge in [-0.3, -0.25) is 19.2 Å². The summed E-state index contributed by atoms with van der Waals surface area (Å²) >= 11 is 13.8. The largest absolute Gasteiger partial charge is 0.366 e. The second-order valence-electron chi connectivity index (χ2n) is 8.78. The second-order valence-corrected chi connectivity index (χ2v) is 10.6. The van der Waals surface area contributed by atoms with E-state index in [0.29, 0.717) is 33.1 Å². The number of hydrogen-bond donors (Lipinski definition) is 4. The summed E-state index contributed by atoms with van der Waals surface area (Å²) in [4.78, 5) is 50.4. The Morgan fingerprint density at radius 1 is 0.738 bits per heavy atom. The van der Waals surface area contributed by atoms with Gasteiger partial charge in [0.2, 0.25) is 11.8 Å². The fourth-order valence-corrected chi connectivity index (χ4v) is 4.69. The third-order valence-electron chi connectivity index (χ3n) is 5.75. The molecular formula is C31H24Cl2N4O4S. The van der Waals surface area contributed by atoms with Crippen LogP contribution in [0.25, 0.3) is 6.08 Å². The molecule has 0 aliphatic carbocycles. The Bertz CT molecular complexity index is 1640. The smallest absolute Gasteiger partial charge is 0.272 e. The Hall–Kier alpha value is -4.57. The van der Waals surface area contributed by atoms with Crippen molar-refractivity contribution in [3.05, 3.63) is 129 Å². The van der Waals surface area contributed by atoms with E-state index in [2.05, 4.69) is 16.0 Å². The third kappa shape index (κ3) is 8.47. The first kappa shape index (κ1) is 30.4. The number of benzene rings is 4. The van der Waals surface area contributed by atoms with Crippen molar-refractivity contribution in [2.45, 2.75) is 4.90 Å². The van der Waals surface area contributed by atoms with Crippen LogP contribution in [0.2, 0.25) is 10.0 Å². The quantitative estimate of drug-likeness (QED) is 0.124.